The molecule has 3 rings (SSSR count). The van der Waals surface area contributed by atoms with Crippen molar-refractivity contribution >= 4 is 46.5 Å². The van der Waals surface area contributed by atoms with E-state index in [4.69, 9.17) is 32.7 Å². The van der Waals surface area contributed by atoms with E-state index in [1.807, 2.05) is 0 Å². The zero-order chi connectivity index (χ0) is 22.0. The molecule has 2 N–H and O–H groups in total. The number of halogens is 2. The number of benzene rings is 2. The summed E-state index contributed by atoms with van der Waals surface area (Å²) < 4.78 is 10.6. The van der Waals surface area contributed by atoms with Crippen LogP contribution in [0.5, 0.6) is 11.5 Å². The highest BCUT2D eigenvalue weighted by atomic mass is 35.5. The van der Waals surface area contributed by atoms with Gasteiger partial charge in [0.2, 0.25) is 12.7 Å². The van der Waals surface area contributed by atoms with Gasteiger partial charge in [0.05, 0.1) is 16.3 Å². The number of hydrogen-bond donors (Lipinski definition) is 2. The normalized spacial score (nSPS) is 13.1. The van der Waals surface area contributed by atoms with Gasteiger partial charge in [-0.25, -0.2) is 0 Å². The van der Waals surface area contributed by atoms with Gasteiger partial charge in [-0.2, -0.15) is 0 Å². The zero-order valence-corrected chi connectivity index (χ0v) is 18.1. The Balaban J connectivity index is 1.83. The molecule has 0 fully saturated rings. The molecule has 2 amide bonds. The number of ketones is 1. The molecular weight excluding hydrogens is 431 g/mol. The Hall–Kier alpha value is -2.77. The van der Waals surface area contributed by atoms with Crippen LogP contribution in [-0.2, 0) is 4.79 Å². The summed E-state index contributed by atoms with van der Waals surface area (Å²) in [5.74, 6) is -0.623. The smallest absolute Gasteiger partial charge is 0.253 e. The number of rotatable bonds is 6. The summed E-state index contributed by atoms with van der Waals surface area (Å²) in [7, 11) is 0. The SMILES string of the molecule is CC(=O)c1cc2c(cc1NC(=O)[C@@H](NC(=O)c1ccc(Cl)cc1Cl)C(C)C)OCO2. The molecule has 158 valence electrons. The third-order valence-electron chi connectivity index (χ3n) is 4.56. The summed E-state index contributed by atoms with van der Waals surface area (Å²) in [5, 5.41) is 5.99. The fourth-order valence-corrected chi connectivity index (χ4v) is 3.47. The van der Waals surface area contributed by atoms with Crippen LogP contribution in [0.15, 0.2) is 30.3 Å². The van der Waals surface area contributed by atoms with Gasteiger partial charge in [-0.1, -0.05) is 37.0 Å². The molecule has 0 aromatic heterocycles. The van der Waals surface area contributed by atoms with Crippen molar-refractivity contribution in [3.63, 3.8) is 0 Å². The summed E-state index contributed by atoms with van der Waals surface area (Å²) in [5.41, 5.74) is 0.760. The number of ether oxygens (including phenoxy) is 2. The van der Waals surface area contributed by atoms with Gasteiger partial charge in [-0.3, -0.25) is 14.4 Å². The van der Waals surface area contributed by atoms with Crippen LogP contribution < -0.4 is 20.1 Å². The van der Waals surface area contributed by atoms with E-state index in [9.17, 15) is 14.4 Å². The molecule has 1 aliphatic rings. The van der Waals surface area contributed by atoms with E-state index >= 15 is 0 Å². The van der Waals surface area contributed by atoms with Crippen LogP contribution in [0.25, 0.3) is 0 Å². The highest BCUT2D eigenvalue weighted by Crippen LogP contribution is 2.37. The number of amides is 2. The number of anilines is 1. The molecule has 7 nitrogen and oxygen atoms in total. The molecule has 1 heterocycles. The molecule has 0 radical (unpaired) electrons. The molecule has 0 bridgehead atoms. The Morgan fingerprint density at radius 1 is 1.00 bits per heavy atom. The van der Waals surface area contributed by atoms with Crippen LogP contribution in [0.4, 0.5) is 5.69 Å². The Bertz CT molecular complexity index is 1020. The average Bonchev–Trinajstić information content (AvgIpc) is 3.12. The molecule has 0 spiro atoms. The fourth-order valence-electron chi connectivity index (χ4n) is 2.97. The molecule has 1 atom stereocenters. The van der Waals surface area contributed by atoms with Crippen LogP contribution in [0.3, 0.4) is 0 Å². The van der Waals surface area contributed by atoms with Crippen molar-refractivity contribution in [3.05, 3.63) is 51.5 Å². The second-order valence-corrected chi connectivity index (χ2v) is 7.96. The molecule has 2 aromatic carbocycles. The van der Waals surface area contributed by atoms with Crippen LogP contribution in [0, 0.1) is 5.92 Å². The predicted octanol–water partition coefficient (Wildman–Crippen LogP) is 4.32. The van der Waals surface area contributed by atoms with Gasteiger partial charge in [0, 0.05) is 16.7 Å². The van der Waals surface area contributed by atoms with Gasteiger partial charge in [0.1, 0.15) is 6.04 Å². The average molecular weight is 451 g/mol. The maximum Gasteiger partial charge on any atom is 0.253 e. The highest BCUT2D eigenvalue weighted by molar-refractivity contribution is 6.36. The predicted molar refractivity (Wildman–Crippen MR) is 114 cm³/mol. The van der Waals surface area contributed by atoms with Crippen LogP contribution in [-0.4, -0.2) is 30.4 Å². The van der Waals surface area contributed by atoms with E-state index < -0.39 is 17.9 Å². The Morgan fingerprint density at radius 3 is 2.27 bits per heavy atom. The lowest BCUT2D eigenvalue weighted by atomic mass is 10.0. The number of fused-ring (bicyclic) bond motifs is 1. The minimum Gasteiger partial charge on any atom is -0.454 e. The molecular formula is C21H20Cl2N2O5. The van der Waals surface area contributed by atoms with Crippen LogP contribution in [0.2, 0.25) is 10.0 Å². The van der Waals surface area contributed by atoms with Crippen LogP contribution in [0.1, 0.15) is 41.5 Å². The van der Waals surface area contributed by atoms with Crippen molar-refractivity contribution in [3.8, 4) is 11.5 Å². The second kappa shape index (κ2) is 8.93. The first-order valence-corrected chi connectivity index (χ1v) is 9.94. The molecule has 0 saturated heterocycles. The molecule has 0 unspecified atom stereocenters. The van der Waals surface area contributed by atoms with E-state index in [2.05, 4.69) is 10.6 Å². The quantitative estimate of drug-likeness (QED) is 0.639. The third kappa shape index (κ3) is 4.68. The van der Waals surface area contributed by atoms with Crippen molar-refractivity contribution < 1.29 is 23.9 Å². The van der Waals surface area contributed by atoms with Crippen molar-refractivity contribution in [2.75, 3.05) is 12.1 Å². The monoisotopic (exact) mass is 450 g/mol. The van der Waals surface area contributed by atoms with Crippen molar-refractivity contribution in [1.29, 1.82) is 0 Å². The zero-order valence-electron chi connectivity index (χ0n) is 16.5. The topological polar surface area (TPSA) is 93.7 Å². The molecule has 9 heteroatoms. The van der Waals surface area contributed by atoms with E-state index in [1.165, 1.54) is 31.2 Å². The molecule has 1 aliphatic heterocycles. The van der Waals surface area contributed by atoms with Crippen molar-refractivity contribution in [2.45, 2.75) is 26.8 Å². The highest BCUT2D eigenvalue weighted by Gasteiger charge is 2.28. The lowest BCUT2D eigenvalue weighted by Crippen LogP contribution is -2.47. The van der Waals surface area contributed by atoms with Crippen LogP contribution >= 0.6 is 23.2 Å². The van der Waals surface area contributed by atoms with Gasteiger partial charge in [-0.15, -0.1) is 0 Å². The van der Waals surface area contributed by atoms with Gasteiger partial charge in [-0.05, 0) is 37.1 Å². The maximum absolute atomic E-state index is 13.0. The number of carbonyl (C=O) groups is 3. The van der Waals surface area contributed by atoms with Gasteiger partial charge >= 0.3 is 0 Å². The Kier molecular flexibility index (Phi) is 6.53. The van der Waals surface area contributed by atoms with Gasteiger partial charge in [0.25, 0.3) is 5.91 Å². The van der Waals surface area contributed by atoms with Gasteiger partial charge < -0.3 is 20.1 Å². The molecule has 0 aliphatic carbocycles. The second-order valence-electron chi connectivity index (χ2n) is 7.12. The minimum absolute atomic E-state index is 0.0383. The maximum atomic E-state index is 13.0. The largest absolute Gasteiger partial charge is 0.454 e. The first-order chi connectivity index (χ1) is 14.2. The summed E-state index contributed by atoms with van der Waals surface area (Å²) >= 11 is 12.0. The summed E-state index contributed by atoms with van der Waals surface area (Å²) in [4.78, 5) is 37.7. The minimum atomic E-state index is -0.880. The summed E-state index contributed by atoms with van der Waals surface area (Å²) in [6.45, 7) is 5.01. The lowest BCUT2D eigenvalue weighted by molar-refractivity contribution is -0.118. The number of carbonyl (C=O) groups excluding carboxylic acids is 3. The Morgan fingerprint density at radius 2 is 1.67 bits per heavy atom. The lowest BCUT2D eigenvalue weighted by Gasteiger charge is -2.22. The fraction of sp³-hybridized carbons (Fsp3) is 0.286. The molecule has 2 aromatic rings. The summed E-state index contributed by atoms with van der Waals surface area (Å²) in [6, 6.07) is 6.66. The summed E-state index contributed by atoms with van der Waals surface area (Å²) in [6.07, 6.45) is 0. The number of hydrogen-bond acceptors (Lipinski definition) is 5. The van der Waals surface area contributed by atoms with Crippen molar-refractivity contribution in [1.82, 2.24) is 5.32 Å². The number of nitrogens with one attached hydrogen (secondary N) is 2. The molecule has 0 saturated carbocycles. The van der Waals surface area contributed by atoms with E-state index in [1.54, 1.807) is 19.9 Å². The van der Waals surface area contributed by atoms with Crippen molar-refractivity contribution in [2.24, 2.45) is 5.92 Å². The number of Topliss-reactive ketones (excluding diaryl/α,β-unsaturated/α-hetero) is 1. The van der Waals surface area contributed by atoms with E-state index in [0.717, 1.165) is 0 Å². The van der Waals surface area contributed by atoms with E-state index in [0.29, 0.717) is 16.5 Å². The first-order valence-electron chi connectivity index (χ1n) is 9.18. The first kappa shape index (κ1) is 21.9. The Labute approximate surface area is 183 Å². The third-order valence-corrected chi connectivity index (χ3v) is 5.11. The van der Waals surface area contributed by atoms with Gasteiger partial charge in [0.15, 0.2) is 17.3 Å². The molecule has 30 heavy (non-hydrogen) atoms. The van der Waals surface area contributed by atoms with E-state index in [-0.39, 0.29) is 40.3 Å². The standard InChI is InChI=1S/C21H20Cl2N2O5/c1-10(2)19(25-20(27)13-5-4-12(22)6-15(13)23)21(28)24-16-8-18-17(29-9-30-18)7-14(16)11(3)26/h4-8,10,19H,9H2,1-3H3,(H,24,28)(H,25,27)/t19-/m0/s1.